The molecule has 0 heterocycles. The van der Waals surface area contributed by atoms with Crippen LogP contribution in [0.15, 0.2) is 0 Å². The van der Waals surface area contributed by atoms with Gasteiger partial charge < -0.3 is 16.2 Å². The van der Waals surface area contributed by atoms with E-state index in [-0.39, 0.29) is 24.9 Å². The lowest BCUT2D eigenvalue weighted by Crippen LogP contribution is -2.33. The molecule has 1 saturated carbocycles. The Morgan fingerprint density at radius 1 is 1.50 bits per heavy atom. The van der Waals surface area contributed by atoms with Crippen LogP contribution in [0.2, 0.25) is 0 Å². The average molecular weight is 200 g/mol. The summed E-state index contributed by atoms with van der Waals surface area (Å²) in [6, 6.07) is -0.0557. The van der Waals surface area contributed by atoms with E-state index in [0.29, 0.717) is 12.3 Å². The smallest absolute Gasteiger partial charge is 0.305 e. The molecule has 1 atom stereocenters. The Morgan fingerprint density at radius 2 is 2.14 bits per heavy atom. The van der Waals surface area contributed by atoms with Crippen molar-refractivity contribution in [3.8, 4) is 0 Å². The second-order valence-electron chi connectivity index (χ2n) is 3.70. The van der Waals surface area contributed by atoms with Crippen LogP contribution in [0.25, 0.3) is 0 Å². The Kier molecular flexibility index (Phi) is 3.88. The van der Waals surface area contributed by atoms with Gasteiger partial charge in [-0.1, -0.05) is 0 Å². The number of carboxylic acids is 1. The summed E-state index contributed by atoms with van der Waals surface area (Å²) in [7, 11) is 0. The quantitative estimate of drug-likeness (QED) is 0.549. The summed E-state index contributed by atoms with van der Waals surface area (Å²) < 4.78 is 0. The van der Waals surface area contributed by atoms with Gasteiger partial charge in [-0.05, 0) is 18.8 Å². The number of carbonyl (C=O) groups excluding carboxylic acids is 1. The van der Waals surface area contributed by atoms with Crippen molar-refractivity contribution in [1.29, 1.82) is 0 Å². The molecule has 14 heavy (non-hydrogen) atoms. The SMILES string of the molecule is NC(CC(=O)NCCC(=O)O)C1CC1. The van der Waals surface area contributed by atoms with Crippen molar-refractivity contribution in [2.24, 2.45) is 11.7 Å². The molecule has 0 aromatic heterocycles. The van der Waals surface area contributed by atoms with Crippen LogP contribution in [0.3, 0.4) is 0 Å². The van der Waals surface area contributed by atoms with Gasteiger partial charge in [0.2, 0.25) is 5.91 Å². The van der Waals surface area contributed by atoms with Crippen LogP contribution in [0.1, 0.15) is 25.7 Å². The lowest BCUT2D eigenvalue weighted by atomic mass is 10.1. The number of hydrogen-bond donors (Lipinski definition) is 3. The third-order valence-electron chi connectivity index (χ3n) is 2.31. The largest absolute Gasteiger partial charge is 0.481 e. The summed E-state index contributed by atoms with van der Waals surface area (Å²) in [6.07, 6.45) is 2.50. The number of rotatable bonds is 6. The fourth-order valence-electron chi connectivity index (χ4n) is 1.29. The highest BCUT2D eigenvalue weighted by molar-refractivity contribution is 5.77. The van der Waals surface area contributed by atoms with Gasteiger partial charge in [0.05, 0.1) is 6.42 Å². The van der Waals surface area contributed by atoms with Crippen LogP contribution in [0.4, 0.5) is 0 Å². The van der Waals surface area contributed by atoms with E-state index in [0.717, 1.165) is 12.8 Å². The predicted octanol–water partition coefficient (Wildman–Crippen LogP) is -0.295. The van der Waals surface area contributed by atoms with Crippen LogP contribution in [-0.2, 0) is 9.59 Å². The van der Waals surface area contributed by atoms with E-state index >= 15 is 0 Å². The Balaban J connectivity index is 2.05. The highest BCUT2D eigenvalue weighted by Gasteiger charge is 2.29. The lowest BCUT2D eigenvalue weighted by molar-refractivity contribution is -0.136. The van der Waals surface area contributed by atoms with Gasteiger partial charge in [0.15, 0.2) is 0 Å². The minimum atomic E-state index is -0.906. The molecule has 1 aliphatic rings. The van der Waals surface area contributed by atoms with Gasteiger partial charge in [-0.3, -0.25) is 9.59 Å². The van der Waals surface area contributed by atoms with E-state index in [2.05, 4.69) is 5.32 Å². The summed E-state index contributed by atoms with van der Waals surface area (Å²) in [6.45, 7) is 0.186. The van der Waals surface area contributed by atoms with Gasteiger partial charge in [-0.2, -0.15) is 0 Å². The van der Waals surface area contributed by atoms with Gasteiger partial charge in [0.25, 0.3) is 0 Å². The van der Waals surface area contributed by atoms with Gasteiger partial charge >= 0.3 is 5.97 Å². The van der Waals surface area contributed by atoms with Crippen molar-refractivity contribution in [2.45, 2.75) is 31.7 Å². The average Bonchev–Trinajstić information content (AvgIpc) is 2.84. The Hall–Kier alpha value is -1.10. The highest BCUT2D eigenvalue weighted by atomic mass is 16.4. The van der Waals surface area contributed by atoms with Crippen LogP contribution >= 0.6 is 0 Å². The molecule has 0 aliphatic heterocycles. The second-order valence-corrected chi connectivity index (χ2v) is 3.70. The normalized spacial score (nSPS) is 17.5. The summed E-state index contributed by atoms with van der Waals surface area (Å²) >= 11 is 0. The third kappa shape index (κ3) is 4.23. The van der Waals surface area contributed by atoms with E-state index in [4.69, 9.17) is 10.8 Å². The van der Waals surface area contributed by atoms with Crippen molar-refractivity contribution in [3.05, 3.63) is 0 Å². The molecule has 0 bridgehead atoms. The van der Waals surface area contributed by atoms with Gasteiger partial charge in [-0.15, -0.1) is 0 Å². The van der Waals surface area contributed by atoms with E-state index < -0.39 is 5.97 Å². The summed E-state index contributed by atoms with van der Waals surface area (Å²) in [4.78, 5) is 21.3. The van der Waals surface area contributed by atoms with Crippen LogP contribution in [0, 0.1) is 5.92 Å². The topological polar surface area (TPSA) is 92.4 Å². The first-order chi connectivity index (χ1) is 6.59. The van der Waals surface area contributed by atoms with Gasteiger partial charge in [0.1, 0.15) is 0 Å². The molecule has 5 nitrogen and oxygen atoms in total. The van der Waals surface area contributed by atoms with Crippen molar-refractivity contribution < 1.29 is 14.7 Å². The summed E-state index contributed by atoms with van der Waals surface area (Å²) in [5.41, 5.74) is 5.73. The molecule has 0 spiro atoms. The first-order valence-corrected chi connectivity index (χ1v) is 4.83. The Morgan fingerprint density at radius 3 is 2.64 bits per heavy atom. The maximum atomic E-state index is 11.2. The summed E-state index contributed by atoms with van der Waals surface area (Å²) in [5.74, 6) is -0.553. The second kappa shape index (κ2) is 4.95. The Bertz CT molecular complexity index is 226. The number of nitrogens with two attached hydrogens (primary N) is 1. The maximum Gasteiger partial charge on any atom is 0.305 e. The molecule has 4 N–H and O–H groups in total. The fraction of sp³-hybridized carbons (Fsp3) is 0.778. The van der Waals surface area contributed by atoms with Crippen LogP contribution in [-0.4, -0.2) is 29.6 Å². The minimum Gasteiger partial charge on any atom is -0.481 e. The number of carbonyl (C=O) groups is 2. The molecule has 1 aliphatic carbocycles. The minimum absolute atomic E-state index is 0.0373. The van der Waals surface area contributed by atoms with E-state index in [1.807, 2.05) is 0 Å². The zero-order chi connectivity index (χ0) is 10.6. The van der Waals surface area contributed by atoms with Crippen molar-refractivity contribution in [2.75, 3.05) is 6.54 Å². The van der Waals surface area contributed by atoms with E-state index in [9.17, 15) is 9.59 Å². The first kappa shape index (κ1) is 11.0. The molecule has 0 radical (unpaired) electrons. The molecular weight excluding hydrogens is 184 g/mol. The molecule has 80 valence electrons. The molecule has 1 fully saturated rings. The van der Waals surface area contributed by atoms with Crippen molar-refractivity contribution in [3.63, 3.8) is 0 Å². The number of amides is 1. The van der Waals surface area contributed by atoms with Crippen LogP contribution in [0.5, 0.6) is 0 Å². The zero-order valence-electron chi connectivity index (χ0n) is 8.03. The highest BCUT2D eigenvalue weighted by Crippen LogP contribution is 2.32. The molecule has 0 aromatic rings. The molecule has 1 rings (SSSR count). The Labute approximate surface area is 82.7 Å². The molecule has 1 unspecified atom stereocenters. The van der Waals surface area contributed by atoms with E-state index in [1.165, 1.54) is 0 Å². The van der Waals surface area contributed by atoms with Crippen molar-refractivity contribution >= 4 is 11.9 Å². The van der Waals surface area contributed by atoms with E-state index in [1.54, 1.807) is 0 Å². The standard InChI is InChI=1S/C9H16N2O3/c10-7(6-1-2-6)5-8(12)11-4-3-9(13)14/h6-7H,1-5,10H2,(H,11,12)(H,13,14). The number of aliphatic carboxylic acids is 1. The maximum absolute atomic E-state index is 11.2. The first-order valence-electron chi connectivity index (χ1n) is 4.83. The van der Waals surface area contributed by atoms with Gasteiger partial charge in [-0.25, -0.2) is 0 Å². The molecule has 1 amide bonds. The van der Waals surface area contributed by atoms with Crippen LogP contribution < -0.4 is 11.1 Å². The van der Waals surface area contributed by atoms with Crippen molar-refractivity contribution in [1.82, 2.24) is 5.32 Å². The predicted molar refractivity (Wildman–Crippen MR) is 50.6 cm³/mol. The molecular formula is C9H16N2O3. The molecule has 5 heteroatoms. The summed E-state index contributed by atoms with van der Waals surface area (Å²) in [5, 5.41) is 10.9. The lowest BCUT2D eigenvalue weighted by Gasteiger charge is -2.09. The number of nitrogens with one attached hydrogen (secondary N) is 1. The third-order valence-corrected chi connectivity index (χ3v) is 2.31. The zero-order valence-corrected chi connectivity index (χ0v) is 8.03. The fourth-order valence-corrected chi connectivity index (χ4v) is 1.29. The monoisotopic (exact) mass is 200 g/mol. The molecule has 0 aromatic carbocycles. The molecule has 0 saturated heterocycles. The van der Waals surface area contributed by atoms with Gasteiger partial charge in [0, 0.05) is 19.0 Å². The number of carboxylic acid groups (broad SMARTS) is 1. The number of hydrogen-bond acceptors (Lipinski definition) is 3.